The van der Waals surface area contributed by atoms with Crippen molar-refractivity contribution in [3.63, 3.8) is 0 Å². The molecule has 1 aliphatic heterocycles. The number of amides is 2. The number of rotatable bonds is 10. The third-order valence-corrected chi connectivity index (χ3v) is 9.83. The normalized spacial score (nSPS) is 18.9. The van der Waals surface area contributed by atoms with Gasteiger partial charge in [-0.2, -0.15) is 5.10 Å². The molecule has 3 N–H and O–H groups in total. The van der Waals surface area contributed by atoms with Gasteiger partial charge in [0.15, 0.2) is 0 Å². The number of nitrogens with two attached hydrogens (primary N) is 1. The summed E-state index contributed by atoms with van der Waals surface area (Å²) in [5, 5.41) is 7.53. The van der Waals surface area contributed by atoms with Crippen LogP contribution >= 0.6 is 11.6 Å². The molecule has 2 atom stereocenters. The fourth-order valence-corrected chi connectivity index (χ4v) is 6.45. The van der Waals surface area contributed by atoms with Gasteiger partial charge in [-0.25, -0.2) is 18.3 Å². The molecular weight excluding hydrogens is 652 g/mol. The maximum atomic E-state index is 15.3. The summed E-state index contributed by atoms with van der Waals surface area (Å²) in [6.07, 6.45) is 4.21. The second kappa shape index (κ2) is 11.8. The van der Waals surface area contributed by atoms with Crippen LogP contribution in [0.4, 0.5) is 8.78 Å². The van der Waals surface area contributed by atoms with Crippen LogP contribution in [-0.4, -0.2) is 45.7 Å². The van der Waals surface area contributed by atoms with Crippen molar-refractivity contribution >= 4 is 28.9 Å². The summed E-state index contributed by atoms with van der Waals surface area (Å²) < 4.78 is 43.4. The number of carbonyl (C=O) groups is 2. The number of ether oxygens (including phenoxy) is 2. The number of pyridine rings is 2. The van der Waals surface area contributed by atoms with E-state index in [4.69, 9.17) is 36.9 Å². The lowest BCUT2D eigenvalue weighted by Crippen LogP contribution is -2.40. The molecule has 9 nitrogen and oxygen atoms in total. The van der Waals surface area contributed by atoms with Crippen LogP contribution < -0.4 is 20.5 Å². The highest BCUT2D eigenvalue weighted by Crippen LogP contribution is 2.47. The number of fused-ring (bicyclic) bond motifs is 2. The summed E-state index contributed by atoms with van der Waals surface area (Å²) in [5.74, 6) is -2.25. The Balaban J connectivity index is 1.19. The molecule has 2 fully saturated rings. The molecule has 2 amide bonds. The first-order valence-corrected chi connectivity index (χ1v) is 16.6. The Kier molecular flexibility index (Phi) is 7.55. The van der Waals surface area contributed by atoms with E-state index in [1.807, 2.05) is 36.4 Å². The maximum absolute atomic E-state index is 15.3. The molecule has 0 spiro atoms. The van der Waals surface area contributed by atoms with Gasteiger partial charge >= 0.3 is 0 Å². The fraction of sp³-hybridized carbons (Fsp3) is 0.297. The van der Waals surface area contributed by atoms with Gasteiger partial charge in [0.25, 0.3) is 5.91 Å². The summed E-state index contributed by atoms with van der Waals surface area (Å²) in [7, 11) is 0. The predicted molar refractivity (Wildman–Crippen MR) is 178 cm³/mol. The van der Waals surface area contributed by atoms with Gasteiger partial charge in [0.05, 0.1) is 21.9 Å². The number of hydrogen-bond acceptors (Lipinski definition) is 6. The lowest BCUT2D eigenvalue weighted by atomic mass is 9.81. The summed E-state index contributed by atoms with van der Waals surface area (Å²) in [4.78, 5) is 31.4. The highest BCUT2D eigenvalue weighted by Gasteiger charge is 2.44. The molecule has 12 heteroatoms. The number of primary amides is 1. The quantitative estimate of drug-likeness (QED) is 0.163. The van der Waals surface area contributed by atoms with Crippen LogP contribution in [0.3, 0.4) is 0 Å². The van der Waals surface area contributed by atoms with Crippen LogP contribution in [0.2, 0.25) is 5.02 Å². The third kappa shape index (κ3) is 5.75. The average molecular weight is 684 g/mol. The van der Waals surface area contributed by atoms with Crippen molar-refractivity contribution in [2.24, 2.45) is 5.73 Å². The molecule has 1 unspecified atom stereocenters. The Morgan fingerprint density at radius 1 is 1.08 bits per heavy atom. The minimum atomic E-state index is -1.26. The Morgan fingerprint density at radius 3 is 2.57 bits per heavy atom. The molecule has 0 bridgehead atoms. The minimum Gasteiger partial charge on any atom is -0.489 e. The number of carbonyl (C=O) groups excluding carboxylic acids is 2. The van der Waals surface area contributed by atoms with Gasteiger partial charge in [-0.3, -0.25) is 9.59 Å². The summed E-state index contributed by atoms with van der Waals surface area (Å²) in [5.41, 5.74) is 8.35. The molecule has 250 valence electrons. The molecule has 2 aliphatic carbocycles. The van der Waals surface area contributed by atoms with Crippen molar-refractivity contribution in [1.29, 1.82) is 0 Å². The first-order chi connectivity index (χ1) is 23.6. The second-order valence-corrected chi connectivity index (χ2v) is 13.7. The van der Waals surface area contributed by atoms with E-state index in [-0.39, 0.29) is 47.2 Å². The van der Waals surface area contributed by atoms with Gasteiger partial charge in [-0.05, 0) is 62.4 Å². The topological polar surface area (TPSA) is 121 Å². The van der Waals surface area contributed by atoms with Crippen LogP contribution in [0.1, 0.15) is 77.3 Å². The smallest absolute Gasteiger partial charge is 0.251 e. The molecule has 2 saturated carbocycles. The predicted octanol–water partition coefficient (Wildman–Crippen LogP) is 6.44. The van der Waals surface area contributed by atoms with E-state index in [2.05, 4.69) is 5.32 Å². The number of nitrogens with one attached hydrogen (secondary N) is 1. The van der Waals surface area contributed by atoms with E-state index < -0.39 is 28.9 Å². The van der Waals surface area contributed by atoms with Crippen molar-refractivity contribution in [2.45, 2.75) is 56.0 Å². The largest absolute Gasteiger partial charge is 0.489 e. The van der Waals surface area contributed by atoms with E-state index in [0.29, 0.717) is 34.7 Å². The summed E-state index contributed by atoms with van der Waals surface area (Å²) >= 11 is 6.09. The molecule has 3 aromatic heterocycles. The highest BCUT2D eigenvalue weighted by molar-refractivity contribution is 6.31. The Bertz CT molecular complexity index is 2150. The minimum absolute atomic E-state index is 0.0450. The van der Waals surface area contributed by atoms with Crippen LogP contribution in [0.5, 0.6) is 11.6 Å². The SMILES string of the molecule is C[C@]1(C(N)=O)COc2c1cc(C(CNC(=O)c1cc(OC3CC3)n3nc(C4CC4)cc3c1)c1ccccc1)nc2-c1cc(Cl)c(F)cc1F. The van der Waals surface area contributed by atoms with Gasteiger partial charge in [0, 0.05) is 47.2 Å². The first kappa shape index (κ1) is 31.3. The zero-order valence-corrected chi connectivity index (χ0v) is 27.3. The van der Waals surface area contributed by atoms with E-state index in [1.54, 1.807) is 29.6 Å². The van der Waals surface area contributed by atoms with Crippen molar-refractivity contribution < 1.29 is 27.8 Å². The molecule has 0 saturated heterocycles. The van der Waals surface area contributed by atoms with E-state index in [9.17, 15) is 14.0 Å². The molecule has 5 aromatic rings. The zero-order chi connectivity index (χ0) is 34.0. The lowest BCUT2D eigenvalue weighted by Gasteiger charge is -2.23. The molecule has 49 heavy (non-hydrogen) atoms. The van der Waals surface area contributed by atoms with Crippen LogP contribution in [0.25, 0.3) is 16.8 Å². The lowest BCUT2D eigenvalue weighted by molar-refractivity contribution is -0.123. The van der Waals surface area contributed by atoms with Crippen LogP contribution in [0, 0.1) is 11.6 Å². The van der Waals surface area contributed by atoms with Gasteiger partial charge in [0.1, 0.15) is 41.2 Å². The fourth-order valence-electron chi connectivity index (χ4n) is 6.29. The number of nitrogens with zero attached hydrogens (tertiary/aromatic N) is 3. The van der Waals surface area contributed by atoms with Crippen molar-refractivity contribution in [3.05, 3.63) is 111 Å². The van der Waals surface area contributed by atoms with Gasteiger partial charge in [0.2, 0.25) is 11.8 Å². The van der Waals surface area contributed by atoms with Crippen LogP contribution in [-0.2, 0) is 10.2 Å². The number of benzene rings is 2. The number of aromatic nitrogens is 3. The first-order valence-electron chi connectivity index (χ1n) is 16.3. The molecule has 4 heterocycles. The average Bonchev–Trinajstić information content (AvgIpc) is 4.03. The molecule has 2 aromatic carbocycles. The van der Waals surface area contributed by atoms with Gasteiger partial charge in [-0.15, -0.1) is 0 Å². The summed E-state index contributed by atoms with van der Waals surface area (Å²) in [6.45, 7) is 1.64. The monoisotopic (exact) mass is 683 g/mol. The van der Waals surface area contributed by atoms with Gasteiger partial charge in [-0.1, -0.05) is 41.9 Å². The van der Waals surface area contributed by atoms with Crippen molar-refractivity contribution in [1.82, 2.24) is 19.9 Å². The van der Waals surface area contributed by atoms with E-state index in [1.165, 1.54) is 0 Å². The van der Waals surface area contributed by atoms with Crippen molar-refractivity contribution in [3.8, 4) is 22.9 Å². The van der Waals surface area contributed by atoms with Crippen molar-refractivity contribution in [2.75, 3.05) is 13.2 Å². The van der Waals surface area contributed by atoms with E-state index in [0.717, 1.165) is 48.5 Å². The molecular formula is C37H32ClF2N5O4. The molecule has 3 aliphatic rings. The zero-order valence-electron chi connectivity index (χ0n) is 26.5. The maximum Gasteiger partial charge on any atom is 0.251 e. The third-order valence-electron chi connectivity index (χ3n) is 9.54. The second-order valence-electron chi connectivity index (χ2n) is 13.3. The van der Waals surface area contributed by atoms with Crippen LogP contribution in [0.15, 0.2) is 66.7 Å². The number of halogens is 3. The summed E-state index contributed by atoms with van der Waals surface area (Å²) in [6, 6.07) is 18.4. The van der Waals surface area contributed by atoms with E-state index >= 15 is 4.39 Å². The standard InChI is InChI=1S/C37H32ClF2N5O4/c1-37(36(41)47)18-48-34-26(37)15-31(43-33(34)24-14-27(38)29(40)16-28(24)39)25(19-5-3-2-4-6-19)17-42-35(46)21-11-22-13-30(20-7-8-20)44-45(22)32(12-21)49-23-9-10-23/h2-6,11-16,20,23,25H,7-10,17-18H2,1H3,(H2,41,47)(H,42,46)/t25?,37-/m0/s1. The number of hydrogen-bond donors (Lipinski definition) is 2. The highest BCUT2D eigenvalue weighted by atomic mass is 35.5. The Hall–Kier alpha value is -5.03. The Morgan fingerprint density at radius 2 is 1.86 bits per heavy atom. The molecule has 0 radical (unpaired) electrons. The molecule has 8 rings (SSSR count). The Labute approximate surface area is 285 Å². The van der Waals surface area contributed by atoms with Gasteiger partial charge < -0.3 is 20.5 Å².